The second-order valence-electron chi connectivity index (χ2n) is 4.45. The largest absolute Gasteiger partial charge is 0.508 e. The summed E-state index contributed by atoms with van der Waals surface area (Å²) in [4.78, 5) is 12.0. The van der Waals surface area contributed by atoms with E-state index in [0.717, 1.165) is 0 Å². The fraction of sp³-hybridized carbons (Fsp3) is 0.133. The number of nitrogen functional groups attached to an aromatic ring is 1. The molecule has 0 heterocycles. The third kappa shape index (κ3) is 3.36. The number of rotatable bonds is 4. The van der Waals surface area contributed by atoms with E-state index in [1.165, 1.54) is 25.3 Å². The van der Waals surface area contributed by atoms with E-state index in [2.05, 4.69) is 5.32 Å². The summed E-state index contributed by atoms with van der Waals surface area (Å²) in [7, 11) is 1.47. The van der Waals surface area contributed by atoms with Gasteiger partial charge >= 0.3 is 0 Å². The summed E-state index contributed by atoms with van der Waals surface area (Å²) >= 11 is 0. The normalized spacial score (nSPS) is 10.1. The lowest BCUT2D eigenvalue weighted by molar-refractivity contribution is 0.0948. The molecule has 2 rings (SSSR count). The molecule has 0 saturated carbocycles. The SMILES string of the molecule is COc1ccc(C(=O)NCc2cc(N)ccc2O)c(O)c1. The second-order valence-corrected chi connectivity index (χ2v) is 4.45. The predicted octanol–water partition coefficient (Wildman–Crippen LogP) is 1.62. The van der Waals surface area contributed by atoms with Crippen LogP contribution in [0.3, 0.4) is 0 Å². The van der Waals surface area contributed by atoms with Crippen LogP contribution in [0.15, 0.2) is 36.4 Å². The van der Waals surface area contributed by atoms with Gasteiger partial charge in [-0.3, -0.25) is 4.79 Å². The Labute approximate surface area is 121 Å². The molecule has 21 heavy (non-hydrogen) atoms. The molecule has 0 spiro atoms. The maximum atomic E-state index is 12.0. The number of ether oxygens (including phenoxy) is 1. The van der Waals surface area contributed by atoms with Crippen molar-refractivity contribution in [1.29, 1.82) is 0 Å². The van der Waals surface area contributed by atoms with Crippen molar-refractivity contribution in [2.45, 2.75) is 6.54 Å². The highest BCUT2D eigenvalue weighted by atomic mass is 16.5. The highest BCUT2D eigenvalue weighted by Gasteiger charge is 2.12. The van der Waals surface area contributed by atoms with Crippen molar-refractivity contribution >= 4 is 11.6 Å². The molecule has 0 atom stereocenters. The minimum Gasteiger partial charge on any atom is -0.508 e. The number of phenolic OH excluding ortho intramolecular Hbond substituents is 2. The van der Waals surface area contributed by atoms with E-state index in [-0.39, 0.29) is 23.6 Å². The van der Waals surface area contributed by atoms with E-state index < -0.39 is 5.91 Å². The molecule has 2 aromatic carbocycles. The van der Waals surface area contributed by atoms with E-state index in [4.69, 9.17) is 10.5 Å². The molecule has 0 aliphatic rings. The molecule has 6 heteroatoms. The zero-order chi connectivity index (χ0) is 15.4. The number of phenols is 2. The number of anilines is 1. The number of carbonyl (C=O) groups excluding carboxylic acids is 1. The number of amides is 1. The third-order valence-electron chi connectivity index (χ3n) is 2.99. The van der Waals surface area contributed by atoms with E-state index in [1.54, 1.807) is 18.2 Å². The van der Waals surface area contributed by atoms with E-state index in [0.29, 0.717) is 17.0 Å². The van der Waals surface area contributed by atoms with Gasteiger partial charge in [0.1, 0.15) is 17.2 Å². The van der Waals surface area contributed by atoms with Crippen LogP contribution < -0.4 is 15.8 Å². The fourth-order valence-corrected chi connectivity index (χ4v) is 1.85. The summed E-state index contributed by atoms with van der Waals surface area (Å²) in [6.07, 6.45) is 0. The third-order valence-corrected chi connectivity index (χ3v) is 2.99. The number of aromatic hydroxyl groups is 2. The van der Waals surface area contributed by atoms with Crippen molar-refractivity contribution < 1.29 is 19.7 Å². The number of benzene rings is 2. The molecule has 0 bridgehead atoms. The molecule has 0 aliphatic heterocycles. The van der Waals surface area contributed by atoms with E-state index in [9.17, 15) is 15.0 Å². The zero-order valence-corrected chi connectivity index (χ0v) is 11.5. The molecule has 6 nitrogen and oxygen atoms in total. The van der Waals surface area contributed by atoms with Gasteiger partial charge in [-0.25, -0.2) is 0 Å². The highest BCUT2D eigenvalue weighted by molar-refractivity contribution is 5.97. The Morgan fingerprint density at radius 1 is 1.19 bits per heavy atom. The molecular formula is C15H16N2O4. The van der Waals surface area contributed by atoms with Gasteiger partial charge in [-0.05, 0) is 30.3 Å². The van der Waals surface area contributed by atoms with Gasteiger partial charge in [0.05, 0.1) is 12.7 Å². The topological polar surface area (TPSA) is 105 Å². The van der Waals surface area contributed by atoms with Crippen LogP contribution in [0.5, 0.6) is 17.2 Å². The quantitative estimate of drug-likeness (QED) is 0.505. The van der Waals surface area contributed by atoms with Crippen molar-refractivity contribution in [2.75, 3.05) is 12.8 Å². The predicted molar refractivity (Wildman–Crippen MR) is 78.3 cm³/mol. The number of hydrogen-bond acceptors (Lipinski definition) is 5. The fourth-order valence-electron chi connectivity index (χ4n) is 1.85. The van der Waals surface area contributed by atoms with Gasteiger partial charge in [0.15, 0.2) is 0 Å². The molecule has 5 N–H and O–H groups in total. The van der Waals surface area contributed by atoms with Crippen molar-refractivity contribution in [3.63, 3.8) is 0 Å². The molecule has 0 radical (unpaired) electrons. The smallest absolute Gasteiger partial charge is 0.255 e. The molecule has 0 saturated heterocycles. The Morgan fingerprint density at radius 2 is 1.95 bits per heavy atom. The van der Waals surface area contributed by atoms with Crippen LogP contribution in [-0.4, -0.2) is 23.2 Å². The minimum atomic E-state index is -0.461. The Balaban J connectivity index is 2.10. The Hall–Kier alpha value is -2.89. The van der Waals surface area contributed by atoms with Crippen LogP contribution in [0.4, 0.5) is 5.69 Å². The van der Waals surface area contributed by atoms with Crippen LogP contribution in [0.2, 0.25) is 0 Å². The molecule has 110 valence electrons. The Morgan fingerprint density at radius 3 is 2.62 bits per heavy atom. The van der Waals surface area contributed by atoms with Crippen LogP contribution >= 0.6 is 0 Å². The van der Waals surface area contributed by atoms with Crippen LogP contribution in [0.25, 0.3) is 0 Å². The zero-order valence-electron chi connectivity index (χ0n) is 11.5. The summed E-state index contributed by atoms with van der Waals surface area (Å²) in [6.45, 7) is 0.0984. The second kappa shape index (κ2) is 6.04. The summed E-state index contributed by atoms with van der Waals surface area (Å²) in [5, 5.41) is 22.1. The Kier molecular flexibility index (Phi) is 4.18. The van der Waals surface area contributed by atoms with Gasteiger partial charge in [-0.1, -0.05) is 0 Å². The summed E-state index contributed by atoms with van der Waals surface area (Å²) < 4.78 is 4.95. The first kappa shape index (κ1) is 14.5. The minimum absolute atomic E-state index is 0.0449. The van der Waals surface area contributed by atoms with Gasteiger partial charge in [-0.15, -0.1) is 0 Å². The van der Waals surface area contributed by atoms with Gasteiger partial charge in [0.25, 0.3) is 5.91 Å². The van der Waals surface area contributed by atoms with E-state index in [1.807, 2.05) is 0 Å². The molecule has 0 aromatic heterocycles. The molecule has 0 fully saturated rings. The van der Waals surface area contributed by atoms with Crippen LogP contribution in [-0.2, 0) is 6.54 Å². The number of nitrogens with two attached hydrogens (primary N) is 1. The maximum Gasteiger partial charge on any atom is 0.255 e. The average Bonchev–Trinajstić information content (AvgIpc) is 2.47. The van der Waals surface area contributed by atoms with Crippen molar-refractivity contribution in [3.8, 4) is 17.2 Å². The number of hydrogen-bond donors (Lipinski definition) is 4. The average molecular weight is 288 g/mol. The monoisotopic (exact) mass is 288 g/mol. The lowest BCUT2D eigenvalue weighted by Crippen LogP contribution is -2.23. The van der Waals surface area contributed by atoms with Gasteiger partial charge < -0.3 is 26.0 Å². The molecule has 1 amide bonds. The molecule has 0 aliphatic carbocycles. The van der Waals surface area contributed by atoms with Gasteiger partial charge in [0.2, 0.25) is 0 Å². The number of nitrogens with one attached hydrogen (secondary N) is 1. The summed E-state index contributed by atoms with van der Waals surface area (Å²) in [5.41, 5.74) is 6.73. The Bertz CT molecular complexity index is 671. The first-order valence-corrected chi connectivity index (χ1v) is 6.24. The van der Waals surface area contributed by atoms with Gasteiger partial charge in [-0.2, -0.15) is 0 Å². The summed E-state index contributed by atoms with van der Waals surface area (Å²) in [5.74, 6) is -0.137. The standard InChI is InChI=1S/C15H16N2O4/c1-21-11-3-4-12(14(19)7-11)15(20)17-8-9-6-10(16)2-5-13(9)18/h2-7,18-19H,8,16H2,1H3,(H,17,20). The molecule has 2 aromatic rings. The number of carbonyl (C=O) groups is 1. The van der Waals surface area contributed by atoms with Crippen LogP contribution in [0, 0.1) is 0 Å². The first-order chi connectivity index (χ1) is 10.0. The lowest BCUT2D eigenvalue weighted by Gasteiger charge is -2.09. The van der Waals surface area contributed by atoms with Crippen molar-refractivity contribution in [2.24, 2.45) is 0 Å². The lowest BCUT2D eigenvalue weighted by atomic mass is 10.1. The maximum absolute atomic E-state index is 12.0. The highest BCUT2D eigenvalue weighted by Crippen LogP contribution is 2.24. The number of methoxy groups -OCH3 is 1. The van der Waals surface area contributed by atoms with Gasteiger partial charge in [0, 0.05) is 23.9 Å². The first-order valence-electron chi connectivity index (χ1n) is 6.24. The van der Waals surface area contributed by atoms with Crippen LogP contribution in [0.1, 0.15) is 15.9 Å². The summed E-state index contributed by atoms with van der Waals surface area (Å²) in [6, 6.07) is 8.99. The van der Waals surface area contributed by atoms with Crippen molar-refractivity contribution in [3.05, 3.63) is 47.5 Å². The van der Waals surface area contributed by atoms with E-state index >= 15 is 0 Å². The molecular weight excluding hydrogens is 272 g/mol. The molecule has 0 unspecified atom stereocenters. The van der Waals surface area contributed by atoms with Crippen molar-refractivity contribution in [1.82, 2.24) is 5.32 Å².